The molecule has 1 aromatic rings. The number of esters is 1. The Morgan fingerprint density at radius 3 is 3.13 bits per heavy atom. The Hall–Kier alpha value is -1.38. The summed E-state index contributed by atoms with van der Waals surface area (Å²) < 4.78 is 4.71. The molecule has 0 aliphatic rings. The fraction of sp³-hybridized carbons (Fsp3) is 0.400. The number of rotatable bonds is 3. The van der Waals surface area contributed by atoms with E-state index in [-0.39, 0.29) is 19.0 Å². The first-order chi connectivity index (χ1) is 7.26. The van der Waals surface area contributed by atoms with E-state index >= 15 is 0 Å². The SMILES string of the molecule is CCOC(=O)CC#Cc1ncc(CO)s1. The van der Waals surface area contributed by atoms with Gasteiger partial charge >= 0.3 is 5.97 Å². The van der Waals surface area contributed by atoms with E-state index in [0.29, 0.717) is 11.6 Å². The summed E-state index contributed by atoms with van der Waals surface area (Å²) in [4.78, 5) is 15.6. The van der Waals surface area contributed by atoms with Gasteiger partial charge in [-0.2, -0.15) is 0 Å². The highest BCUT2D eigenvalue weighted by Gasteiger charge is 1.98. The number of carbonyl (C=O) groups excluding carboxylic acids is 1. The number of nitrogens with zero attached hydrogens (tertiary/aromatic N) is 1. The van der Waals surface area contributed by atoms with Crippen LogP contribution in [0.2, 0.25) is 0 Å². The minimum absolute atomic E-state index is 0.0305. The molecule has 0 saturated carbocycles. The molecule has 4 nitrogen and oxygen atoms in total. The summed E-state index contributed by atoms with van der Waals surface area (Å²) in [5.74, 6) is 5.07. The van der Waals surface area contributed by atoms with Gasteiger partial charge in [0, 0.05) is 6.20 Å². The third kappa shape index (κ3) is 4.11. The van der Waals surface area contributed by atoms with Crippen LogP contribution in [0.3, 0.4) is 0 Å². The van der Waals surface area contributed by atoms with Crippen molar-refractivity contribution in [2.24, 2.45) is 0 Å². The standard InChI is InChI=1S/C10H11NO3S/c1-2-14-10(13)5-3-4-9-11-6-8(7-12)15-9/h6,12H,2,5,7H2,1H3. The smallest absolute Gasteiger partial charge is 0.317 e. The highest BCUT2D eigenvalue weighted by Crippen LogP contribution is 2.10. The van der Waals surface area contributed by atoms with Crippen LogP contribution in [0.25, 0.3) is 0 Å². The lowest BCUT2D eigenvalue weighted by atomic mass is 10.4. The molecule has 80 valence electrons. The summed E-state index contributed by atoms with van der Waals surface area (Å²) in [7, 11) is 0. The molecular formula is C10H11NO3S. The lowest BCUT2D eigenvalue weighted by Crippen LogP contribution is -2.01. The Balaban J connectivity index is 2.47. The van der Waals surface area contributed by atoms with Crippen LogP contribution in [-0.4, -0.2) is 22.7 Å². The molecular weight excluding hydrogens is 214 g/mol. The number of thiazole rings is 1. The average Bonchev–Trinajstić information content (AvgIpc) is 2.66. The quantitative estimate of drug-likeness (QED) is 0.614. The molecule has 0 atom stereocenters. The van der Waals surface area contributed by atoms with E-state index in [9.17, 15) is 4.79 Å². The maximum atomic E-state index is 10.9. The number of ether oxygens (including phenoxy) is 1. The molecule has 0 amide bonds. The largest absolute Gasteiger partial charge is 0.465 e. The van der Waals surface area contributed by atoms with Gasteiger partial charge in [0.25, 0.3) is 0 Å². The molecule has 5 heteroatoms. The predicted octanol–water partition coefficient (Wildman–Crippen LogP) is 0.940. The molecule has 0 unspecified atom stereocenters. The molecule has 0 spiro atoms. The highest BCUT2D eigenvalue weighted by atomic mass is 32.1. The van der Waals surface area contributed by atoms with Crippen molar-refractivity contribution >= 4 is 17.3 Å². The van der Waals surface area contributed by atoms with Crippen LogP contribution in [0, 0.1) is 11.8 Å². The maximum absolute atomic E-state index is 10.9. The monoisotopic (exact) mass is 225 g/mol. The Bertz CT molecular complexity index is 389. The molecule has 1 rings (SSSR count). The van der Waals surface area contributed by atoms with Gasteiger partial charge in [-0.05, 0) is 12.8 Å². The van der Waals surface area contributed by atoms with E-state index in [2.05, 4.69) is 16.8 Å². The predicted molar refractivity (Wildman–Crippen MR) is 56.2 cm³/mol. The molecule has 0 radical (unpaired) electrons. The van der Waals surface area contributed by atoms with Gasteiger partial charge in [0.15, 0.2) is 5.01 Å². The summed E-state index contributed by atoms with van der Waals surface area (Å²) in [5, 5.41) is 9.38. The molecule has 1 aromatic heterocycles. The van der Waals surface area contributed by atoms with E-state index in [1.165, 1.54) is 11.3 Å². The molecule has 0 aliphatic carbocycles. The van der Waals surface area contributed by atoms with E-state index in [0.717, 1.165) is 4.88 Å². The van der Waals surface area contributed by atoms with Crippen molar-refractivity contribution in [3.8, 4) is 11.8 Å². The first kappa shape index (κ1) is 11.7. The van der Waals surface area contributed by atoms with Crippen molar-refractivity contribution < 1.29 is 14.6 Å². The van der Waals surface area contributed by atoms with Gasteiger partial charge < -0.3 is 9.84 Å². The minimum atomic E-state index is -0.330. The minimum Gasteiger partial charge on any atom is -0.465 e. The molecule has 0 aliphatic heterocycles. The zero-order chi connectivity index (χ0) is 11.1. The van der Waals surface area contributed by atoms with Crippen LogP contribution in [0.1, 0.15) is 23.2 Å². The molecule has 0 aromatic carbocycles. The second kappa shape index (κ2) is 6.17. The summed E-state index contributed by atoms with van der Waals surface area (Å²) in [5.41, 5.74) is 0. The Morgan fingerprint density at radius 1 is 1.73 bits per heavy atom. The van der Waals surface area contributed by atoms with Crippen LogP contribution < -0.4 is 0 Å². The van der Waals surface area contributed by atoms with Crippen molar-refractivity contribution in [2.45, 2.75) is 20.0 Å². The molecule has 1 N–H and O–H groups in total. The van der Waals surface area contributed by atoms with Gasteiger partial charge in [-0.15, -0.1) is 11.3 Å². The third-order valence-corrected chi connectivity index (χ3v) is 2.34. The van der Waals surface area contributed by atoms with Crippen molar-refractivity contribution in [2.75, 3.05) is 6.61 Å². The number of aromatic nitrogens is 1. The number of aliphatic hydroxyl groups excluding tert-OH is 1. The van der Waals surface area contributed by atoms with E-state index in [4.69, 9.17) is 9.84 Å². The van der Waals surface area contributed by atoms with Crippen LogP contribution in [-0.2, 0) is 16.1 Å². The topological polar surface area (TPSA) is 59.4 Å². The summed E-state index contributed by atoms with van der Waals surface area (Å²) >= 11 is 1.31. The zero-order valence-electron chi connectivity index (χ0n) is 8.32. The van der Waals surface area contributed by atoms with Crippen LogP contribution in [0.5, 0.6) is 0 Å². The third-order valence-electron chi connectivity index (χ3n) is 1.44. The first-order valence-corrected chi connectivity index (χ1v) is 5.28. The summed E-state index contributed by atoms with van der Waals surface area (Å²) in [6.45, 7) is 2.09. The van der Waals surface area contributed by atoms with Gasteiger partial charge in [0.2, 0.25) is 0 Å². The number of hydrogen-bond acceptors (Lipinski definition) is 5. The highest BCUT2D eigenvalue weighted by molar-refractivity contribution is 7.12. The van der Waals surface area contributed by atoms with Crippen molar-refractivity contribution in [3.05, 3.63) is 16.1 Å². The molecule has 0 fully saturated rings. The van der Waals surface area contributed by atoms with Crippen molar-refractivity contribution in [1.29, 1.82) is 0 Å². The Morgan fingerprint density at radius 2 is 2.53 bits per heavy atom. The second-order valence-corrected chi connectivity index (χ2v) is 3.69. The lowest BCUT2D eigenvalue weighted by molar-refractivity contribution is -0.141. The van der Waals surface area contributed by atoms with E-state index in [1.54, 1.807) is 13.1 Å². The van der Waals surface area contributed by atoms with Gasteiger partial charge in [0.05, 0.1) is 18.1 Å². The van der Waals surface area contributed by atoms with Crippen molar-refractivity contribution in [1.82, 2.24) is 4.98 Å². The van der Waals surface area contributed by atoms with E-state index in [1.807, 2.05) is 0 Å². The Labute approximate surface area is 91.9 Å². The van der Waals surface area contributed by atoms with Gasteiger partial charge in [-0.25, -0.2) is 4.98 Å². The molecule has 0 saturated heterocycles. The normalized spacial score (nSPS) is 9.20. The molecule has 15 heavy (non-hydrogen) atoms. The van der Waals surface area contributed by atoms with E-state index < -0.39 is 0 Å². The second-order valence-electron chi connectivity index (χ2n) is 2.57. The molecule has 1 heterocycles. The van der Waals surface area contributed by atoms with Gasteiger partial charge in [-0.3, -0.25) is 4.79 Å². The lowest BCUT2D eigenvalue weighted by Gasteiger charge is -1.94. The maximum Gasteiger partial charge on any atom is 0.317 e. The zero-order valence-corrected chi connectivity index (χ0v) is 9.13. The fourth-order valence-corrected chi connectivity index (χ4v) is 1.49. The fourth-order valence-electron chi connectivity index (χ4n) is 0.842. The summed E-state index contributed by atoms with van der Waals surface area (Å²) in [6.07, 6.45) is 1.64. The van der Waals surface area contributed by atoms with Crippen LogP contribution >= 0.6 is 11.3 Å². The summed E-state index contributed by atoms with van der Waals surface area (Å²) in [6, 6.07) is 0. The molecule has 0 bridgehead atoms. The van der Waals surface area contributed by atoms with Gasteiger partial charge in [-0.1, -0.05) is 5.92 Å². The number of aliphatic hydroxyl groups is 1. The number of carbonyl (C=O) groups is 1. The van der Waals surface area contributed by atoms with Crippen molar-refractivity contribution in [3.63, 3.8) is 0 Å². The first-order valence-electron chi connectivity index (χ1n) is 4.46. The van der Waals surface area contributed by atoms with Crippen LogP contribution in [0.4, 0.5) is 0 Å². The number of hydrogen-bond donors (Lipinski definition) is 1. The Kier molecular flexibility index (Phi) is 4.81. The average molecular weight is 225 g/mol. The van der Waals surface area contributed by atoms with Crippen LogP contribution in [0.15, 0.2) is 6.20 Å². The van der Waals surface area contributed by atoms with Gasteiger partial charge in [0.1, 0.15) is 6.42 Å².